The molecule has 0 aromatic heterocycles. The molecule has 1 heterocycles. The van der Waals surface area contributed by atoms with Gasteiger partial charge in [-0.2, -0.15) is 0 Å². The summed E-state index contributed by atoms with van der Waals surface area (Å²) in [5, 5.41) is 0. The van der Waals surface area contributed by atoms with E-state index in [0.29, 0.717) is 0 Å². The number of hydrogen-bond donors (Lipinski definition) is 1. The monoisotopic (exact) mass is 213 g/mol. The lowest BCUT2D eigenvalue weighted by Gasteiger charge is -2.33. The van der Waals surface area contributed by atoms with Crippen molar-refractivity contribution >= 4 is 12.4 Å². The highest BCUT2D eigenvalue weighted by molar-refractivity contribution is 5.85. The SMILES string of the molecule is Cl.NC1(c2ccccc2)CCOCC1. The fraction of sp³-hybridized carbons (Fsp3) is 0.455. The number of hydrogen-bond acceptors (Lipinski definition) is 2. The van der Waals surface area contributed by atoms with Crippen LogP contribution in [0.2, 0.25) is 0 Å². The van der Waals surface area contributed by atoms with Crippen molar-refractivity contribution in [2.24, 2.45) is 5.73 Å². The number of ether oxygens (including phenoxy) is 1. The van der Waals surface area contributed by atoms with Gasteiger partial charge in [0.25, 0.3) is 0 Å². The second kappa shape index (κ2) is 4.78. The highest BCUT2D eigenvalue weighted by atomic mass is 35.5. The van der Waals surface area contributed by atoms with Crippen LogP contribution in [0.25, 0.3) is 0 Å². The first-order valence-corrected chi connectivity index (χ1v) is 4.73. The average molecular weight is 214 g/mol. The maximum absolute atomic E-state index is 6.30. The van der Waals surface area contributed by atoms with Gasteiger partial charge in [0.2, 0.25) is 0 Å². The molecule has 0 aliphatic carbocycles. The van der Waals surface area contributed by atoms with Crippen molar-refractivity contribution in [2.45, 2.75) is 18.4 Å². The molecule has 1 fully saturated rings. The van der Waals surface area contributed by atoms with E-state index in [9.17, 15) is 0 Å². The van der Waals surface area contributed by atoms with Crippen LogP contribution in [-0.4, -0.2) is 13.2 Å². The zero-order valence-corrected chi connectivity index (χ0v) is 8.93. The van der Waals surface area contributed by atoms with Crippen molar-refractivity contribution in [2.75, 3.05) is 13.2 Å². The van der Waals surface area contributed by atoms with E-state index in [1.165, 1.54) is 5.56 Å². The molecule has 2 rings (SSSR count). The van der Waals surface area contributed by atoms with Gasteiger partial charge < -0.3 is 10.5 Å². The van der Waals surface area contributed by atoms with Crippen molar-refractivity contribution in [1.29, 1.82) is 0 Å². The summed E-state index contributed by atoms with van der Waals surface area (Å²) in [6.45, 7) is 1.57. The molecule has 0 bridgehead atoms. The van der Waals surface area contributed by atoms with Crippen LogP contribution in [0.15, 0.2) is 30.3 Å². The van der Waals surface area contributed by atoms with Crippen molar-refractivity contribution in [3.8, 4) is 0 Å². The van der Waals surface area contributed by atoms with Crippen LogP contribution < -0.4 is 5.73 Å². The first-order valence-electron chi connectivity index (χ1n) is 4.73. The summed E-state index contributed by atoms with van der Waals surface area (Å²) in [5.41, 5.74) is 7.38. The Bertz CT molecular complexity index is 270. The van der Waals surface area contributed by atoms with Crippen LogP contribution in [0, 0.1) is 0 Å². The fourth-order valence-electron chi connectivity index (χ4n) is 1.79. The molecule has 2 nitrogen and oxygen atoms in total. The normalized spacial score (nSPS) is 19.8. The van der Waals surface area contributed by atoms with E-state index in [4.69, 9.17) is 10.5 Å². The van der Waals surface area contributed by atoms with Crippen LogP contribution >= 0.6 is 12.4 Å². The van der Waals surface area contributed by atoms with E-state index >= 15 is 0 Å². The molecule has 3 heteroatoms. The summed E-state index contributed by atoms with van der Waals surface area (Å²) in [4.78, 5) is 0. The molecule has 1 aliphatic rings. The molecular formula is C11H16ClNO. The van der Waals surface area contributed by atoms with E-state index in [-0.39, 0.29) is 17.9 Å². The van der Waals surface area contributed by atoms with Crippen LogP contribution in [0.3, 0.4) is 0 Å². The number of rotatable bonds is 1. The van der Waals surface area contributed by atoms with Crippen LogP contribution in [0.4, 0.5) is 0 Å². The minimum atomic E-state index is -0.153. The second-order valence-corrected chi connectivity index (χ2v) is 3.63. The molecule has 1 saturated heterocycles. The van der Waals surface area contributed by atoms with Crippen molar-refractivity contribution in [3.63, 3.8) is 0 Å². The van der Waals surface area contributed by atoms with Gasteiger partial charge in [0.05, 0.1) is 0 Å². The standard InChI is InChI=1S/C11H15NO.ClH/c12-11(6-8-13-9-7-11)10-4-2-1-3-5-10;/h1-5H,6-9,12H2;1H. The minimum Gasteiger partial charge on any atom is -0.381 e. The molecule has 1 aromatic rings. The van der Waals surface area contributed by atoms with E-state index in [0.717, 1.165) is 26.1 Å². The quantitative estimate of drug-likeness (QED) is 0.775. The summed E-state index contributed by atoms with van der Waals surface area (Å²) >= 11 is 0. The minimum absolute atomic E-state index is 0. The zero-order valence-electron chi connectivity index (χ0n) is 8.11. The van der Waals surface area contributed by atoms with Crippen molar-refractivity contribution in [3.05, 3.63) is 35.9 Å². The molecule has 14 heavy (non-hydrogen) atoms. The van der Waals surface area contributed by atoms with Gasteiger partial charge in [0, 0.05) is 18.8 Å². The highest BCUT2D eigenvalue weighted by Crippen LogP contribution is 2.28. The summed E-state index contributed by atoms with van der Waals surface area (Å²) in [6.07, 6.45) is 1.86. The third-order valence-corrected chi connectivity index (χ3v) is 2.73. The molecule has 78 valence electrons. The van der Waals surface area contributed by atoms with Crippen molar-refractivity contribution in [1.82, 2.24) is 0 Å². The van der Waals surface area contributed by atoms with Crippen molar-refractivity contribution < 1.29 is 4.74 Å². The van der Waals surface area contributed by atoms with E-state index in [1.54, 1.807) is 0 Å². The third-order valence-electron chi connectivity index (χ3n) is 2.73. The Balaban J connectivity index is 0.000000980. The van der Waals surface area contributed by atoms with Gasteiger partial charge in [-0.15, -0.1) is 12.4 Å². The van der Waals surface area contributed by atoms with E-state index < -0.39 is 0 Å². The summed E-state index contributed by atoms with van der Waals surface area (Å²) in [7, 11) is 0. The Morgan fingerprint density at radius 2 is 1.64 bits per heavy atom. The first kappa shape index (κ1) is 11.5. The lowest BCUT2D eigenvalue weighted by molar-refractivity contribution is 0.0522. The Kier molecular flexibility index (Phi) is 3.93. The summed E-state index contributed by atoms with van der Waals surface area (Å²) in [5.74, 6) is 0. The topological polar surface area (TPSA) is 35.2 Å². The van der Waals surface area contributed by atoms with Gasteiger partial charge >= 0.3 is 0 Å². The predicted molar refractivity (Wildman–Crippen MR) is 59.6 cm³/mol. The van der Waals surface area contributed by atoms with E-state index in [2.05, 4.69) is 12.1 Å². The molecule has 1 aromatic carbocycles. The Labute approximate surface area is 90.9 Å². The molecule has 0 radical (unpaired) electrons. The van der Waals surface area contributed by atoms with Crippen LogP contribution in [-0.2, 0) is 10.3 Å². The fourth-order valence-corrected chi connectivity index (χ4v) is 1.79. The Morgan fingerprint density at radius 1 is 1.07 bits per heavy atom. The average Bonchev–Trinajstić information content (AvgIpc) is 2.20. The Hall–Kier alpha value is -0.570. The smallest absolute Gasteiger partial charge is 0.0486 e. The maximum atomic E-state index is 6.30. The number of halogens is 1. The second-order valence-electron chi connectivity index (χ2n) is 3.63. The largest absolute Gasteiger partial charge is 0.381 e. The Morgan fingerprint density at radius 3 is 2.21 bits per heavy atom. The molecule has 0 unspecified atom stereocenters. The molecule has 0 spiro atoms. The molecule has 0 atom stereocenters. The van der Waals surface area contributed by atoms with Crippen LogP contribution in [0.1, 0.15) is 18.4 Å². The number of nitrogens with two attached hydrogens (primary N) is 1. The summed E-state index contributed by atoms with van der Waals surface area (Å²) < 4.78 is 5.31. The molecule has 0 amide bonds. The molecular weight excluding hydrogens is 198 g/mol. The van der Waals surface area contributed by atoms with Gasteiger partial charge in [0.1, 0.15) is 0 Å². The van der Waals surface area contributed by atoms with E-state index in [1.807, 2.05) is 18.2 Å². The van der Waals surface area contributed by atoms with Gasteiger partial charge in [-0.25, -0.2) is 0 Å². The zero-order chi connectivity index (χ0) is 9.15. The van der Waals surface area contributed by atoms with Gasteiger partial charge in [-0.05, 0) is 18.4 Å². The predicted octanol–water partition coefficient (Wildman–Crippen LogP) is 2.07. The molecule has 0 saturated carbocycles. The highest BCUT2D eigenvalue weighted by Gasteiger charge is 2.29. The van der Waals surface area contributed by atoms with Crippen LogP contribution in [0.5, 0.6) is 0 Å². The van der Waals surface area contributed by atoms with Gasteiger partial charge in [-0.1, -0.05) is 30.3 Å². The summed E-state index contributed by atoms with van der Waals surface area (Å²) in [6, 6.07) is 10.3. The van der Waals surface area contributed by atoms with Gasteiger partial charge in [0.15, 0.2) is 0 Å². The third kappa shape index (κ3) is 2.27. The molecule has 1 aliphatic heterocycles. The first-order chi connectivity index (χ1) is 6.31. The number of benzene rings is 1. The maximum Gasteiger partial charge on any atom is 0.0486 e. The van der Waals surface area contributed by atoms with Gasteiger partial charge in [-0.3, -0.25) is 0 Å². The lowest BCUT2D eigenvalue weighted by atomic mass is 9.84. The molecule has 2 N–H and O–H groups in total. The lowest BCUT2D eigenvalue weighted by Crippen LogP contribution is -2.42.